The number of phenols is 1. The summed E-state index contributed by atoms with van der Waals surface area (Å²) in [6, 6.07) is 12.9. The Hall–Kier alpha value is -2.49. The molecule has 0 aromatic heterocycles. The number of ether oxygens (including phenoxy) is 1. The van der Waals surface area contributed by atoms with Crippen molar-refractivity contribution in [2.45, 2.75) is 12.3 Å². The number of fused-ring (bicyclic) bond motifs is 1. The number of aromatic hydroxyl groups is 1. The van der Waals surface area contributed by atoms with Gasteiger partial charge in [0.05, 0.1) is 13.0 Å². The van der Waals surface area contributed by atoms with Gasteiger partial charge in [-0.3, -0.25) is 4.79 Å². The lowest BCUT2D eigenvalue weighted by Crippen LogP contribution is -2.14. The highest BCUT2D eigenvalue weighted by molar-refractivity contribution is 6.03. The lowest BCUT2D eigenvalue weighted by Gasteiger charge is -2.11. The Morgan fingerprint density at radius 3 is 2.85 bits per heavy atom. The molecule has 3 rings (SSSR count). The van der Waals surface area contributed by atoms with Crippen molar-refractivity contribution in [3.63, 3.8) is 0 Å². The molecule has 1 amide bonds. The summed E-state index contributed by atoms with van der Waals surface area (Å²) in [4.78, 5) is 12.1. The third kappa shape index (κ3) is 2.09. The molecular formula is C16H15NO3. The number of hydrogen-bond acceptors (Lipinski definition) is 3. The summed E-state index contributed by atoms with van der Waals surface area (Å²) in [6.07, 6.45) is 0.583. The second kappa shape index (κ2) is 4.89. The molecular weight excluding hydrogens is 254 g/mol. The van der Waals surface area contributed by atoms with Crippen molar-refractivity contribution in [1.82, 2.24) is 0 Å². The van der Waals surface area contributed by atoms with E-state index < -0.39 is 0 Å². The molecule has 1 atom stereocenters. The molecule has 0 bridgehead atoms. The number of carbonyl (C=O) groups excluding carboxylic acids is 1. The predicted octanol–water partition coefficient (Wildman–Crippen LogP) is 2.68. The molecule has 1 unspecified atom stereocenters. The molecule has 2 aromatic rings. The van der Waals surface area contributed by atoms with Gasteiger partial charge in [0, 0.05) is 5.69 Å². The number of anilines is 1. The SMILES string of the molecule is COc1cc(CC2C(=O)Nc3ccccc32)ccc1O. The van der Waals surface area contributed by atoms with Crippen LogP contribution in [0.15, 0.2) is 42.5 Å². The van der Waals surface area contributed by atoms with Gasteiger partial charge in [-0.1, -0.05) is 24.3 Å². The first kappa shape index (κ1) is 12.5. The van der Waals surface area contributed by atoms with Gasteiger partial charge in [0.25, 0.3) is 0 Å². The van der Waals surface area contributed by atoms with E-state index in [2.05, 4.69) is 5.32 Å². The van der Waals surface area contributed by atoms with Crippen molar-refractivity contribution >= 4 is 11.6 Å². The zero-order chi connectivity index (χ0) is 14.1. The van der Waals surface area contributed by atoms with E-state index in [1.54, 1.807) is 12.1 Å². The molecule has 0 saturated heterocycles. The van der Waals surface area contributed by atoms with E-state index in [-0.39, 0.29) is 17.6 Å². The standard InChI is InChI=1S/C16H15NO3/c1-20-15-9-10(6-7-14(15)18)8-12-11-4-2-3-5-13(11)17-16(12)19/h2-7,9,12,18H,8H2,1H3,(H,17,19). The molecule has 0 saturated carbocycles. The summed E-state index contributed by atoms with van der Waals surface area (Å²) in [5.74, 6) is 0.348. The Kier molecular flexibility index (Phi) is 3.06. The Labute approximate surface area is 117 Å². The Morgan fingerprint density at radius 1 is 1.25 bits per heavy atom. The normalized spacial score (nSPS) is 16.6. The van der Waals surface area contributed by atoms with Crippen molar-refractivity contribution < 1.29 is 14.6 Å². The average molecular weight is 269 g/mol. The number of phenolic OH excluding ortho intramolecular Hbond substituents is 1. The molecule has 0 aliphatic carbocycles. The third-order valence-corrected chi connectivity index (χ3v) is 3.59. The third-order valence-electron chi connectivity index (χ3n) is 3.59. The molecule has 1 aliphatic heterocycles. The molecule has 1 aliphatic rings. The topological polar surface area (TPSA) is 58.6 Å². The van der Waals surface area contributed by atoms with Crippen LogP contribution in [0.25, 0.3) is 0 Å². The molecule has 4 nitrogen and oxygen atoms in total. The van der Waals surface area contributed by atoms with E-state index in [0.717, 1.165) is 16.8 Å². The fourth-order valence-corrected chi connectivity index (χ4v) is 2.56. The van der Waals surface area contributed by atoms with E-state index in [1.165, 1.54) is 7.11 Å². The monoisotopic (exact) mass is 269 g/mol. The minimum atomic E-state index is -0.194. The van der Waals surface area contributed by atoms with Crippen LogP contribution in [0, 0.1) is 0 Å². The van der Waals surface area contributed by atoms with Crippen LogP contribution in [0.4, 0.5) is 5.69 Å². The molecule has 102 valence electrons. The first-order valence-corrected chi connectivity index (χ1v) is 6.44. The maximum Gasteiger partial charge on any atom is 0.232 e. The summed E-state index contributed by atoms with van der Waals surface area (Å²) in [5, 5.41) is 12.5. The van der Waals surface area contributed by atoms with Gasteiger partial charge < -0.3 is 15.2 Å². The summed E-state index contributed by atoms with van der Waals surface area (Å²) >= 11 is 0. The minimum absolute atomic E-state index is 0.0123. The minimum Gasteiger partial charge on any atom is -0.504 e. The first-order valence-electron chi connectivity index (χ1n) is 6.44. The quantitative estimate of drug-likeness (QED) is 0.900. The highest BCUT2D eigenvalue weighted by atomic mass is 16.5. The number of amides is 1. The van der Waals surface area contributed by atoms with Crippen LogP contribution < -0.4 is 10.1 Å². The van der Waals surface area contributed by atoms with E-state index >= 15 is 0 Å². The Bertz CT molecular complexity index is 667. The van der Waals surface area contributed by atoms with Gasteiger partial charge in [-0.25, -0.2) is 0 Å². The van der Waals surface area contributed by atoms with Gasteiger partial charge in [-0.2, -0.15) is 0 Å². The largest absolute Gasteiger partial charge is 0.504 e. The van der Waals surface area contributed by atoms with Crippen molar-refractivity contribution in [2.24, 2.45) is 0 Å². The number of rotatable bonds is 3. The Morgan fingerprint density at radius 2 is 2.05 bits per heavy atom. The highest BCUT2D eigenvalue weighted by Crippen LogP contribution is 2.36. The van der Waals surface area contributed by atoms with Gasteiger partial charge >= 0.3 is 0 Å². The first-order chi connectivity index (χ1) is 9.69. The molecule has 20 heavy (non-hydrogen) atoms. The van der Waals surface area contributed by atoms with Crippen molar-refractivity contribution in [2.75, 3.05) is 12.4 Å². The second-order valence-corrected chi connectivity index (χ2v) is 4.84. The molecule has 2 N–H and O–H groups in total. The fraction of sp³-hybridized carbons (Fsp3) is 0.188. The van der Waals surface area contributed by atoms with Crippen LogP contribution in [0.5, 0.6) is 11.5 Å². The number of hydrogen-bond donors (Lipinski definition) is 2. The van der Waals surface area contributed by atoms with Crippen LogP contribution in [0.3, 0.4) is 0 Å². The smallest absolute Gasteiger partial charge is 0.232 e. The number of carbonyl (C=O) groups is 1. The van der Waals surface area contributed by atoms with Gasteiger partial charge in [-0.15, -0.1) is 0 Å². The summed E-state index contributed by atoms with van der Waals surface area (Å²) < 4.78 is 5.10. The van der Waals surface area contributed by atoms with Crippen molar-refractivity contribution in [3.05, 3.63) is 53.6 Å². The van der Waals surface area contributed by atoms with Gasteiger partial charge in [0.1, 0.15) is 0 Å². The molecule has 0 fully saturated rings. The van der Waals surface area contributed by atoms with Crippen LogP contribution >= 0.6 is 0 Å². The van der Waals surface area contributed by atoms with Crippen molar-refractivity contribution in [3.8, 4) is 11.5 Å². The molecule has 1 heterocycles. The average Bonchev–Trinajstić information content (AvgIpc) is 2.77. The van der Waals surface area contributed by atoms with Crippen LogP contribution in [-0.2, 0) is 11.2 Å². The summed E-state index contributed by atoms with van der Waals surface area (Å²) in [6.45, 7) is 0. The summed E-state index contributed by atoms with van der Waals surface area (Å²) in [5.41, 5.74) is 2.86. The van der Waals surface area contributed by atoms with Gasteiger partial charge in [-0.05, 0) is 35.7 Å². The van der Waals surface area contributed by atoms with Crippen LogP contribution in [-0.4, -0.2) is 18.1 Å². The van der Waals surface area contributed by atoms with Crippen LogP contribution in [0.2, 0.25) is 0 Å². The summed E-state index contributed by atoms with van der Waals surface area (Å²) in [7, 11) is 1.51. The number of methoxy groups -OCH3 is 1. The van der Waals surface area contributed by atoms with Gasteiger partial charge in [0.15, 0.2) is 11.5 Å². The van der Waals surface area contributed by atoms with E-state index in [1.807, 2.05) is 30.3 Å². The number of nitrogens with one attached hydrogen (secondary N) is 1. The van der Waals surface area contributed by atoms with Crippen molar-refractivity contribution in [1.29, 1.82) is 0 Å². The zero-order valence-corrected chi connectivity index (χ0v) is 11.1. The zero-order valence-electron chi connectivity index (χ0n) is 11.1. The maximum atomic E-state index is 12.1. The lowest BCUT2D eigenvalue weighted by atomic mass is 9.93. The molecule has 2 aromatic carbocycles. The second-order valence-electron chi connectivity index (χ2n) is 4.84. The molecule has 4 heteroatoms. The fourth-order valence-electron chi connectivity index (χ4n) is 2.56. The van der Waals surface area contributed by atoms with Crippen LogP contribution in [0.1, 0.15) is 17.0 Å². The highest BCUT2D eigenvalue weighted by Gasteiger charge is 2.30. The molecule has 0 spiro atoms. The maximum absolute atomic E-state index is 12.1. The number of para-hydroxylation sites is 1. The van der Waals surface area contributed by atoms with E-state index in [0.29, 0.717) is 12.2 Å². The lowest BCUT2D eigenvalue weighted by molar-refractivity contribution is -0.117. The Balaban J connectivity index is 1.90. The number of benzene rings is 2. The van der Waals surface area contributed by atoms with E-state index in [4.69, 9.17) is 4.74 Å². The van der Waals surface area contributed by atoms with E-state index in [9.17, 15) is 9.90 Å². The van der Waals surface area contributed by atoms with Gasteiger partial charge in [0.2, 0.25) is 5.91 Å². The molecule has 0 radical (unpaired) electrons. The predicted molar refractivity (Wildman–Crippen MR) is 76.2 cm³/mol.